The van der Waals surface area contributed by atoms with Crippen molar-refractivity contribution in [3.05, 3.63) is 191 Å². The minimum atomic E-state index is -0.480. The molecule has 0 amide bonds. The Morgan fingerprint density at radius 2 is 0.811 bits per heavy atom. The second-order valence-corrected chi connectivity index (χ2v) is 14.6. The van der Waals surface area contributed by atoms with E-state index in [-0.39, 0.29) is 12.2 Å². The van der Waals surface area contributed by atoms with Gasteiger partial charge >= 0.3 is 0 Å². The van der Waals surface area contributed by atoms with Gasteiger partial charge in [-0.25, -0.2) is 0 Å². The number of ether oxygens (including phenoxy) is 3. The van der Waals surface area contributed by atoms with Gasteiger partial charge in [-0.1, -0.05) is 137 Å². The van der Waals surface area contributed by atoms with Crippen molar-refractivity contribution in [1.29, 1.82) is 0 Å². The van der Waals surface area contributed by atoms with Gasteiger partial charge in [-0.05, 0) is 83.6 Å². The van der Waals surface area contributed by atoms with Crippen molar-refractivity contribution in [3.8, 4) is 23.0 Å². The molecule has 2 atom stereocenters. The van der Waals surface area contributed by atoms with Crippen molar-refractivity contribution in [2.24, 2.45) is 0 Å². The number of benzene rings is 6. The van der Waals surface area contributed by atoms with Gasteiger partial charge in [0.2, 0.25) is 0 Å². The summed E-state index contributed by atoms with van der Waals surface area (Å²) in [5.74, 6) is 3.05. The maximum absolute atomic E-state index is 11.6. The van der Waals surface area contributed by atoms with E-state index < -0.39 is 10.8 Å². The third kappa shape index (κ3) is 9.37. The summed E-state index contributed by atoms with van der Waals surface area (Å²) < 4.78 is 20.0. The number of carbonyl (C=O) groups is 2. The molecular formula is C48H46O5. The van der Waals surface area contributed by atoms with Crippen molar-refractivity contribution in [3.63, 3.8) is 0 Å². The van der Waals surface area contributed by atoms with Gasteiger partial charge in [0.05, 0.1) is 12.2 Å². The Hall–Kier alpha value is -5.78. The lowest BCUT2D eigenvalue weighted by Gasteiger charge is -2.43. The molecule has 0 bridgehead atoms. The third-order valence-electron chi connectivity index (χ3n) is 10.1. The molecule has 0 N–H and O–H groups in total. The van der Waals surface area contributed by atoms with Gasteiger partial charge < -0.3 is 14.2 Å². The quantitative estimate of drug-likeness (QED) is 0.0940. The van der Waals surface area contributed by atoms with E-state index >= 15 is 0 Å². The Kier molecular flexibility index (Phi) is 11.7. The predicted molar refractivity (Wildman–Crippen MR) is 212 cm³/mol. The van der Waals surface area contributed by atoms with E-state index in [9.17, 15) is 9.59 Å². The number of hydrogen-bond acceptors (Lipinski definition) is 5. The van der Waals surface area contributed by atoms with E-state index in [1.165, 1.54) is 0 Å². The molecule has 0 saturated carbocycles. The Labute approximate surface area is 313 Å². The first-order valence-corrected chi connectivity index (χ1v) is 18.0. The van der Waals surface area contributed by atoms with E-state index in [1.54, 1.807) is 0 Å². The average molecular weight is 703 g/mol. The summed E-state index contributed by atoms with van der Waals surface area (Å²) in [7, 11) is 0. The molecule has 0 aliphatic carbocycles. The molecule has 0 aliphatic rings. The molecule has 0 radical (unpaired) electrons. The summed E-state index contributed by atoms with van der Waals surface area (Å²) in [6.07, 6.45) is 2.32. The Morgan fingerprint density at radius 3 is 1.17 bits per heavy atom. The minimum Gasteiger partial charge on any atom is -0.457 e. The fraction of sp³-hybridized carbons (Fsp3) is 0.208. The van der Waals surface area contributed by atoms with Crippen LogP contribution in [0.4, 0.5) is 0 Å². The number of rotatable bonds is 16. The smallest absolute Gasteiger partial charge is 0.150 e. The second-order valence-electron chi connectivity index (χ2n) is 14.6. The zero-order valence-corrected chi connectivity index (χ0v) is 30.8. The zero-order valence-electron chi connectivity index (χ0n) is 30.8. The van der Waals surface area contributed by atoms with Gasteiger partial charge in [0.15, 0.2) is 0 Å². The molecule has 0 heterocycles. The van der Waals surface area contributed by atoms with Gasteiger partial charge in [0.1, 0.15) is 35.6 Å². The number of aldehydes is 2. The second kappa shape index (κ2) is 16.7. The van der Waals surface area contributed by atoms with Crippen molar-refractivity contribution in [2.75, 3.05) is 0 Å². The first-order valence-electron chi connectivity index (χ1n) is 18.0. The topological polar surface area (TPSA) is 61.8 Å². The fourth-order valence-corrected chi connectivity index (χ4v) is 6.65. The molecule has 0 aromatic heterocycles. The molecule has 53 heavy (non-hydrogen) atoms. The van der Waals surface area contributed by atoms with Gasteiger partial charge in [-0.15, -0.1) is 0 Å². The lowest BCUT2D eigenvalue weighted by Crippen LogP contribution is -2.46. The van der Waals surface area contributed by atoms with Crippen LogP contribution >= 0.6 is 0 Å². The molecule has 0 saturated heterocycles. The molecule has 0 aliphatic heterocycles. The molecule has 6 aromatic rings. The number of hydrogen-bond donors (Lipinski definition) is 0. The van der Waals surface area contributed by atoms with E-state index in [2.05, 4.69) is 52.0 Å². The van der Waals surface area contributed by atoms with Crippen LogP contribution in [-0.4, -0.2) is 24.8 Å². The van der Waals surface area contributed by atoms with E-state index in [1.807, 2.05) is 133 Å². The van der Waals surface area contributed by atoms with Crippen molar-refractivity contribution >= 4 is 12.6 Å². The van der Waals surface area contributed by atoms with Gasteiger partial charge in [-0.3, -0.25) is 9.59 Å². The van der Waals surface area contributed by atoms with Gasteiger partial charge in [0, 0.05) is 22.0 Å². The van der Waals surface area contributed by atoms with Crippen LogP contribution in [0.15, 0.2) is 158 Å². The van der Waals surface area contributed by atoms with Crippen molar-refractivity contribution in [1.82, 2.24) is 0 Å². The van der Waals surface area contributed by atoms with Gasteiger partial charge in [0.25, 0.3) is 0 Å². The van der Waals surface area contributed by atoms with E-state index in [4.69, 9.17) is 14.2 Å². The average Bonchev–Trinajstić information content (AvgIpc) is 3.18. The van der Waals surface area contributed by atoms with Crippen LogP contribution in [0.3, 0.4) is 0 Å². The summed E-state index contributed by atoms with van der Waals surface area (Å²) in [5, 5.41) is 0. The summed E-state index contributed by atoms with van der Waals surface area (Å²) in [5.41, 5.74) is 4.57. The molecule has 6 rings (SSSR count). The standard InChI is InChI=1S/C48H46O5/c1-47(2,39-25-21-35(33-49)22-26-39)45(31-37-13-11-19-43(29-37)51-41-15-7-5-8-16-41)53-46(48(3,4)40-27-23-36(34-50)24-28-40)32-38-14-12-20-44(30-38)52-42-17-9-6-10-18-42/h5-30,33-34,45-46H,31-32H2,1-4H3. The van der Waals surface area contributed by atoms with E-state index in [0.29, 0.717) is 24.0 Å². The van der Waals surface area contributed by atoms with Crippen LogP contribution in [-0.2, 0) is 28.4 Å². The maximum atomic E-state index is 11.6. The normalized spacial score (nSPS) is 12.8. The van der Waals surface area contributed by atoms with Crippen LogP contribution in [0.5, 0.6) is 23.0 Å². The highest BCUT2D eigenvalue weighted by molar-refractivity contribution is 5.75. The van der Waals surface area contributed by atoms with Crippen LogP contribution < -0.4 is 9.47 Å². The number of para-hydroxylation sites is 2. The van der Waals surface area contributed by atoms with Gasteiger partial charge in [-0.2, -0.15) is 0 Å². The Morgan fingerprint density at radius 1 is 0.453 bits per heavy atom. The molecule has 6 aromatic carbocycles. The Balaban J connectivity index is 1.39. The number of carbonyl (C=O) groups excluding carboxylic acids is 2. The largest absolute Gasteiger partial charge is 0.457 e. The molecule has 0 fully saturated rings. The fourth-order valence-electron chi connectivity index (χ4n) is 6.65. The Bertz CT molecular complexity index is 1930. The summed E-state index contributed by atoms with van der Waals surface area (Å²) in [6.45, 7) is 8.81. The first kappa shape index (κ1) is 37.0. The zero-order chi connectivity index (χ0) is 37.3. The SMILES string of the molecule is CC(C)(c1ccc(C=O)cc1)C(Cc1cccc(Oc2ccccc2)c1)OC(Cc1cccc(Oc2ccccc2)c1)C(C)(C)c1ccc(C=O)cc1. The van der Waals surface area contributed by atoms with Crippen molar-refractivity contribution < 1.29 is 23.8 Å². The lowest BCUT2D eigenvalue weighted by molar-refractivity contribution is -0.0753. The maximum Gasteiger partial charge on any atom is 0.150 e. The highest BCUT2D eigenvalue weighted by Gasteiger charge is 2.40. The van der Waals surface area contributed by atoms with E-state index in [0.717, 1.165) is 57.8 Å². The van der Waals surface area contributed by atoms with Crippen molar-refractivity contribution in [2.45, 2.75) is 63.6 Å². The predicted octanol–water partition coefficient (Wildman–Crippen LogP) is 11.4. The third-order valence-corrected chi connectivity index (χ3v) is 10.1. The molecule has 2 unspecified atom stereocenters. The lowest BCUT2D eigenvalue weighted by atomic mass is 9.74. The molecule has 5 nitrogen and oxygen atoms in total. The van der Waals surface area contributed by atoms with Crippen LogP contribution in [0.1, 0.15) is 70.7 Å². The minimum absolute atomic E-state index is 0.307. The monoisotopic (exact) mass is 702 g/mol. The first-order chi connectivity index (χ1) is 25.6. The van der Waals surface area contributed by atoms with Crippen LogP contribution in [0.2, 0.25) is 0 Å². The summed E-state index contributed by atoms with van der Waals surface area (Å²) >= 11 is 0. The van der Waals surface area contributed by atoms with Crippen LogP contribution in [0.25, 0.3) is 0 Å². The summed E-state index contributed by atoms with van der Waals surface area (Å²) in [4.78, 5) is 23.1. The highest BCUT2D eigenvalue weighted by atomic mass is 16.5. The van der Waals surface area contributed by atoms with Crippen LogP contribution in [0, 0.1) is 0 Å². The molecule has 0 spiro atoms. The molecule has 268 valence electrons. The molecule has 5 heteroatoms. The summed E-state index contributed by atoms with van der Waals surface area (Å²) in [6, 6.07) is 51.5. The highest BCUT2D eigenvalue weighted by Crippen LogP contribution is 2.39. The molecular weight excluding hydrogens is 657 g/mol.